The second kappa shape index (κ2) is 4.57. The average Bonchev–Trinajstić information content (AvgIpc) is 2.69. The summed E-state index contributed by atoms with van der Waals surface area (Å²) in [4.78, 5) is 0. The third kappa shape index (κ3) is 2.46. The number of benzene rings is 1. The topological polar surface area (TPSA) is 38.0 Å². The highest BCUT2D eigenvalue weighted by molar-refractivity contribution is 5.64. The molecule has 0 saturated carbocycles. The van der Waals surface area contributed by atoms with E-state index in [0.717, 1.165) is 6.54 Å². The van der Waals surface area contributed by atoms with E-state index in [2.05, 4.69) is 18.9 Å². The lowest BCUT2D eigenvalue weighted by atomic mass is 10.1. The van der Waals surface area contributed by atoms with Gasteiger partial charge in [-0.05, 0) is 12.0 Å². The summed E-state index contributed by atoms with van der Waals surface area (Å²) in [7, 11) is 0. The minimum Gasteiger partial charge on any atom is -0.505 e. The van der Waals surface area contributed by atoms with E-state index >= 15 is 0 Å². The van der Waals surface area contributed by atoms with Crippen molar-refractivity contribution in [1.82, 2.24) is 9.78 Å². The lowest BCUT2D eigenvalue weighted by molar-refractivity contribution is 0.433. The fraction of sp³-hybridized carbons (Fsp3) is 0.308. The molecule has 17 heavy (non-hydrogen) atoms. The van der Waals surface area contributed by atoms with Crippen molar-refractivity contribution < 1.29 is 9.50 Å². The Morgan fingerprint density at radius 1 is 1.41 bits per heavy atom. The Labute approximate surface area is 99.5 Å². The van der Waals surface area contributed by atoms with Gasteiger partial charge in [0, 0.05) is 23.9 Å². The fourth-order valence-electron chi connectivity index (χ4n) is 1.72. The van der Waals surface area contributed by atoms with E-state index in [4.69, 9.17) is 0 Å². The van der Waals surface area contributed by atoms with Gasteiger partial charge in [0.05, 0.1) is 6.20 Å². The van der Waals surface area contributed by atoms with Crippen molar-refractivity contribution in [2.45, 2.75) is 20.4 Å². The van der Waals surface area contributed by atoms with Crippen molar-refractivity contribution in [1.29, 1.82) is 0 Å². The second-order valence-corrected chi connectivity index (χ2v) is 4.48. The highest BCUT2D eigenvalue weighted by Crippen LogP contribution is 2.27. The van der Waals surface area contributed by atoms with Crippen LogP contribution in [-0.4, -0.2) is 14.9 Å². The number of hydrogen-bond acceptors (Lipinski definition) is 2. The Balaban J connectivity index is 2.34. The molecule has 0 aliphatic rings. The molecule has 0 aliphatic carbocycles. The summed E-state index contributed by atoms with van der Waals surface area (Å²) in [6.07, 6.45) is 3.40. The summed E-state index contributed by atoms with van der Waals surface area (Å²) in [5.74, 6) is -0.451. The molecule has 2 aromatic rings. The van der Waals surface area contributed by atoms with Crippen molar-refractivity contribution in [2.75, 3.05) is 0 Å². The normalized spacial score (nSPS) is 11.1. The Bertz CT molecular complexity index is 520. The molecule has 0 amide bonds. The second-order valence-electron chi connectivity index (χ2n) is 4.48. The average molecular weight is 234 g/mol. The van der Waals surface area contributed by atoms with Crippen molar-refractivity contribution >= 4 is 0 Å². The van der Waals surface area contributed by atoms with E-state index < -0.39 is 5.82 Å². The first-order valence-corrected chi connectivity index (χ1v) is 5.58. The molecule has 0 radical (unpaired) electrons. The SMILES string of the molecule is CC(C)Cn1cc(-c2cccc(O)c2F)cn1. The molecule has 1 N–H and O–H groups in total. The van der Waals surface area contributed by atoms with E-state index in [1.165, 1.54) is 6.07 Å². The van der Waals surface area contributed by atoms with E-state index in [1.54, 1.807) is 29.2 Å². The first-order chi connectivity index (χ1) is 8.08. The monoisotopic (exact) mass is 234 g/mol. The number of phenols is 1. The van der Waals surface area contributed by atoms with Crippen LogP contribution in [0.3, 0.4) is 0 Å². The summed E-state index contributed by atoms with van der Waals surface area (Å²) < 4.78 is 15.5. The molecule has 1 aromatic carbocycles. The first kappa shape index (κ1) is 11.6. The number of halogens is 1. The van der Waals surface area contributed by atoms with E-state index in [9.17, 15) is 9.50 Å². The van der Waals surface area contributed by atoms with Crippen molar-refractivity contribution in [3.63, 3.8) is 0 Å². The molecule has 4 heteroatoms. The lowest BCUT2D eigenvalue weighted by Gasteiger charge is -2.04. The molecule has 90 valence electrons. The van der Waals surface area contributed by atoms with Crippen LogP contribution >= 0.6 is 0 Å². The molecule has 2 rings (SSSR count). The van der Waals surface area contributed by atoms with Gasteiger partial charge in [-0.15, -0.1) is 0 Å². The zero-order valence-electron chi connectivity index (χ0n) is 9.89. The van der Waals surface area contributed by atoms with Gasteiger partial charge < -0.3 is 5.11 Å². The van der Waals surface area contributed by atoms with Crippen LogP contribution in [0.5, 0.6) is 5.75 Å². The zero-order chi connectivity index (χ0) is 12.4. The van der Waals surface area contributed by atoms with Crippen LogP contribution < -0.4 is 0 Å². The number of nitrogens with zero attached hydrogens (tertiary/aromatic N) is 2. The Morgan fingerprint density at radius 2 is 2.18 bits per heavy atom. The summed E-state index contributed by atoms with van der Waals surface area (Å²) >= 11 is 0. The molecule has 0 fully saturated rings. The van der Waals surface area contributed by atoms with Gasteiger partial charge in [0.15, 0.2) is 11.6 Å². The first-order valence-electron chi connectivity index (χ1n) is 5.58. The van der Waals surface area contributed by atoms with Crippen LogP contribution in [-0.2, 0) is 6.54 Å². The maximum absolute atomic E-state index is 13.7. The van der Waals surface area contributed by atoms with Crippen LogP contribution in [0.1, 0.15) is 13.8 Å². The molecule has 1 heterocycles. The van der Waals surface area contributed by atoms with Crippen LogP contribution in [0.4, 0.5) is 4.39 Å². The van der Waals surface area contributed by atoms with Gasteiger partial charge in [0.1, 0.15) is 0 Å². The van der Waals surface area contributed by atoms with Crippen molar-refractivity contribution in [3.05, 3.63) is 36.4 Å². The smallest absolute Gasteiger partial charge is 0.172 e. The molecular weight excluding hydrogens is 219 g/mol. The zero-order valence-corrected chi connectivity index (χ0v) is 9.89. The molecule has 1 aromatic heterocycles. The van der Waals surface area contributed by atoms with Gasteiger partial charge in [-0.25, -0.2) is 4.39 Å². The highest BCUT2D eigenvalue weighted by Gasteiger charge is 2.11. The van der Waals surface area contributed by atoms with Gasteiger partial charge in [0.25, 0.3) is 0 Å². The number of aromatic nitrogens is 2. The Hall–Kier alpha value is -1.84. The quantitative estimate of drug-likeness (QED) is 0.886. The minimum atomic E-state index is -0.600. The largest absolute Gasteiger partial charge is 0.505 e. The van der Waals surface area contributed by atoms with Crippen LogP contribution in [0.2, 0.25) is 0 Å². The summed E-state index contributed by atoms with van der Waals surface area (Å²) in [5, 5.41) is 13.5. The summed E-state index contributed by atoms with van der Waals surface area (Å²) in [6.45, 7) is 4.98. The Kier molecular flexibility index (Phi) is 3.13. The van der Waals surface area contributed by atoms with Gasteiger partial charge >= 0.3 is 0 Å². The maximum atomic E-state index is 13.7. The number of rotatable bonds is 3. The lowest BCUT2D eigenvalue weighted by Crippen LogP contribution is -2.03. The van der Waals surface area contributed by atoms with Crippen molar-refractivity contribution in [2.24, 2.45) is 5.92 Å². The molecular formula is C13H15FN2O. The van der Waals surface area contributed by atoms with Crippen LogP contribution in [0, 0.1) is 11.7 Å². The molecule has 0 atom stereocenters. The van der Waals surface area contributed by atoms with E-state index in [-0.39, 0.29) is 5.75 Å². The fourth-order valence-corrected chi connectivity index (χ4v) is 1.72. The van der Waals surface area contributed by atoms with Gasteiger partial charge in [0.2, 0.25) is 0 Å². The maximum Gasteiger partial charge on any atom is 0.172 e. The summed E-state index contributed by atoms with van der Waals surface area (Å²) in [6, 6.07) is 4.58. The molecule has 3 nitrogen and oxygen atoms in total. The number of aromatic hydroxyl groups is 1. The molecule has 0 aliphatic heterocycles. The van der Waals surface area contributed by atoms with E-state index in [0.29, 0.717) is 17.0 Å². The molecule has 0 unspecified atom stereocenters. The van der Waals surface area contributed by atoms with Crippen LogP contribution in [0.15, 0.2) is 30.6 Å². The highest BCUT2D eigenvalue weighted by atomic mass is 19.1. The van der Waals surface area contributed by atoms with Gasteiger partial charge in [-0.2, -0.15) is 5.10 Å². The molecule has 0 bridgehead atoms. The third-order valence-electron chi connectivity index (χ3n) is 2.47. The predicted octanol–water partition coefficient (Wildman–Crippen LogP) is 3.05. The van der Waals surface area contributed by atoms with Gasteiger partial charge in [-0.1, -0.05) is 26.0 Å². The van der Waals surface area contributed by atoms with Crippen molar-refractivity contribution in [3.8, 4) is 16.9 Å². The molecule has 0 spiro atoms. The number of hydrogen-bond donors (Lipinski definition) is 1. The summed E-state index contributed by atoms with van der Waals surface area (Å²) in [5.41, 5.74) is 1.05. The van der Waals surface area contributed by atoms with E-state index in [1.807, 2.05) is 0 Å². The standard InChI is InChI=1S/C13H15FN2O/c1-9(2)7-16-8-10(6-15-16)11-4-3-5-12(17)13(11)14/h3-6,8-9,17H,7H2,1-2H3. The predicted molar refractivity (Wildman–Crippen MR) is 64.1 cm³/mol. The Morgan fingerprint density at radius 3 is 2.88 bits per heavy atom. The van der Waals surface area contributed by atoms with Crippen LogP contribution in [0.25, 0.3) is 11.1 Å². The molecule has 0 saturated heterocycles. The van der Waals surface area contributed by atoms with Gasteiger partial charge in [-0.3, -0.25) is 4.68 Å². The third-order valence-corrected chi connectivity index (χ3v) is 2.47. The number of phenolic OH excluding ortho intramolecular Hbond substituents is 1. The minimum absolute atomic E-state index is 0.334.